The largest absolute Gasteiger partial charge is 0.459 e. The maximum Gasteiger partial charge on any atom is 0.258 e. The summed E-state index contributed by atoms with van der Waals surface area (Å²) in [6.07, 6.45) is 0. The van der Waals surface area contributed by atoms with Gasteiger partial charge in [0, 0.05) is 5.39 Å². The second-order valence-electron chi connectivity index (χ2n) is 6.46. The van der Waals surface area contributed by atoms with Gasteiger partial charge in [0.1, 0.15) is 17.2 Å². The molecule has 0 aliphatic heterocycles. The normalized spacial score (nSPS) is 12.9. The Morgan fingerprint density at radius 2 is 1.92 bits per heavy atom. The van der Waals surface area contributed by atoms with Crippen LogP contribution in [0.4, 0.5) is 0 Å². The van der Waals surface area contributed by atoms with Crippen LogP contribution in [0.2, 0.25) is 0 Å². The highest BCUT2D eigenvalue weighted by Gasteiger charge is 2.19. The minimum atomic E-state index is -0.0990. The number of furan rings is 1. The molecule has 2 heterocycles. The van der Waals surface area contributed by atoms with Crippen LogP contribution in [0.3, 0.4) is 0 Å². The molecule has 2 aromatic heterocycles. The summed E-state index contributed by atoms with van der Waals surface area (Å²) in [4.78, 5) is 22.0. The van der Waals surface area contributed by atoms with Crippen molar-refractivity contribution < 1.29 is 4.42 Å². The van der Waals surface area contributed by atoms with Crippen LogP contribution in [0.25, 0.3) is 21.9 Å². The van der Waals surface area contributed by atoms with Crippen LogP contribution in [-0.2, 0) is 6.54 Å². The highest BCUT2D eigenvalue weighted by Crippen LogP contribution is 2.28. The van der Waals surface area contributed by atoms with E-state index in [-0.39, 0.29) is 11.6 Å². The Labute approximate surface area is 151 Å². The lowest BCUT2D eigenvalue weighted by Crippen LogP contribution is -2.28. The number of hydrogen-bond donors (Lipinski definition) is 1. The van der Waals surface area contributed by atoms with E-state index in [4.69, 9.17) is 4.42 Å². The molecule has 1 atom stereocenters. The second kappa shape index (κ2) is 6.77. The standard InChI is InChI=1S/C21H21N3O2/c1-3-24(14(2)19-12-15-8-4-7-11-18(15)26-19)13-20-22-17-10-6-5-9-16(17)21(25)23-20/h4-12,14H,3,13H2,1-2H3,(H,22,23,25). The van der Waals surface area contributed by atoms with E-state index >= 15 is 0 Å². The molecule has 0 amide bonds. The summed E-state index contributed by atoms with van der Waals surface area (Å²) in [5.41, 5.74) is 1.51. The summed E-state index contributed by atoms with van der Waals surface area (Å²) < 4.78 is 6.01. The lowest BCUT2D eigenvalue weighted by molar-refractivity contribution is 0.187. The molecular weight excluding hydrogens is 326 g/mol. The number of rotatable bonds is 5. The fourth-order valence-electron chi connectivity index (χ4n) is 3.31. The van der Waals surface area contributed by atoms with Gasteiger partial charge in [0.15, 0.2) is 0 Å². The molecule has 5 nitrogen and oxygen atoms in total. The van der Waals surface area contributed by atoms with Crippen LogP contribution in [0, 0.1) is 0 Å². The van der Waals surface area contributed by atoms with Crippen molar-refractivity contribution in [3.05, 3.63) is 76.5 Å². The van der Waals surface area contributed by atoms with Crippen LogP contribution >= 0.6 is 0 Å². The summed E-state index contributed by atoms with van der Waals surface area (Å²) >= 11 is 0. The van der Waals surface area contributed by atoms with Crippen molar-refractivity contribution in [2.24, 2.45) is 0 Å². The lowest BCUT2D eigenvalue weighted by Gasteiger charge is -2.25. The minimum absolute atomic E-state index is 0.0733. The molecule has 26 heavy (non-hydrogen) atoms. The van der Waals surface area contributed by atoms with Gasteiger partial charge in [-0.25, -0.2) is 4.98 Å². The molecular formula is C21H21N3O2. The van der Waals surface area contributed by atoms with Gasteiger partial charge in [-0.15, -0.1) is 0 Å². The molecule has 0 saturated carbocycles. The number of hydrogen-bond acceptors (Lipinski definition) is 4. The predicted molar refractivity (Wildman–Crippen MR) is 103 cm³/mol. The molecule has 0 bridgehead atoms. The summed E-state index contributed by atoms with van der Waals surface area (Å²) in [7, 11) is 0. The number of para-hydroxylation sites is 2. The number of benzene rings is 2. The van der Waals surface area contributed by atoms with Gasteiger partial charge in [0.25, 0.3) is 5.56 Å². The van der Waals surface area contributed by atoms with Crippen LogP contribution in [0.5, 0.6) is 0 Å². The smallest absolute Gasteiger partial charge is 0.258 e. The van der Waals surface area contributed by atoms with Crippen molar-refractivity contribution in [3.63, 3.8) is 0 Å². The second-order valence-corrected chi connectivity index (χ2v) is 6.46. The maximum atomic E-state index is 12.3. The summed E-state index contributed by atoms with van der Waals surface area (Å²) in [6, 6.07) is 17.6. The third-order valence-electron chi connectivity index (χ3n) is 4.83. The van der Waals surface area contributed by atoms with Gasteiger partial charge in [0.05, 0.1) is 23.5 Å². The summed E-state index contributed by atoms with van der Waals surface area (Å²) in [5, 5.41) is 1.72. The van der Waals surface area contributed by atoms with E-state index in [9.17, 15) is 4.79 Å². The van der Waals surface area contributed by atoms with Crippen molar-refractivity contribution in [1.29, 1.82) is 0 Å². The number of aromatic nitrogens is 2. The molecule has 4 rings (SSSR count). The third kappa shape index (κ3) is 3.02. The van der Waals surface area contributed by atoms with Crippen molar-refractivity contribution in [3.8, 4) is 0 Å². The zero-order valence-corrected chi connectivity index (χ0v) is 14.9. The highest BCUT2D eigenvalue weighted by molar-refractivity contribution is 5.78. The van der Waals surface area contributed by atoms with Gasteiger partial charge in [0.2, 0.25) is 0 Å². The molecule has 0 radical (unpaired) electrons. The van der Waals surface area contributed by atoms with E-state index in [1.165, 1.54) is 0 Å². The van der Waals surface area contributed by atoms with E-state index in [2.05, 4.69) is 34.8 Å². The van der Waals surface area contributed by atoms with Gasteiger partial charge < -0.3 is 9.40 Å². The first kappa shape index (κ1) is 16.5. The van der Waals surface area contributed by atoms with Crippen LogP contribution in [-0.4, -0.2) is 21.4 Å². The monoisotopic (exact) mass is 347 g/mol. The van der Waals surface area contributed by atoms with Gasteiger partial charge in [-0.05, 0) is 37.7 Å². The highest BCUT2D eigenvalue weighted by atomic mass is 16.3. The van der Waals surface area contributed by atoms with Gasteiger partial charge in [-0.2, -0.15) is 0 Å². The minimum Gasteiger partial charge on any atom is -0.459 e. The Balaban J connectivity index is 1.64. The maximum absolute atomic E-state index is 12.3. The van der Waals surface area contributed by atoms with Gasteiger partial charge in [-0.1, -0.05) is 37.3 Å². The Morgan fingerprint density at radius 3 is 2.73 bits per heavy atom. The average molecular weight is 347 g/mol. The first-order valence-corrected chi connectivity index (χ1v) is 8.86. The van der Waals surface area contributed by atoms with E-state index in [0.29, 0.717) is 17.8 Å². The quantitative estimate of drug-likeness (QED) is 0.586. The van der Waals surface area contributed by atoms with Crippen molar-refractivity contribution in [2.75, 3.05) is 6.54 Å². The first-order chi connectivity index (χ1) is 12.7. The molecule has 4 aromatic rings. The topological polar surface area (TPSA) is 62.1 Å². The van der Waals surface area contributed by atoms with E-state index in [1.807, 2.05) is 42.5 Å². The molecule has 0 aliphatic carbocycles. The van der Waals surface area contributed by atoms with Crippen LogP contribution in [0.1, 0.15) is 31.5 Å². The SMILES string of the molecule is CCN(Cc1nc2ccccc2c(=O)[nH]1)C(C)c1cc2ccccc2o1. The van der Waals surface area contributed by atoms with E-state index < -0.39 is 0 Å². The van der Waals surface area contributed by atoms with Crippen molar-refractivity contribution >= 4 is 21.9 Å². The molecule has 0 saturated heterocycles. The van der Waals surface area contributed by atoms with Crippen LogP contribution < -0.4 is 5.56 Å². The number of H-pyrrole nitrogens is 1. The Hall–Kier alpha value is -2.92. The van der Waals surface area contributed by atoms with E-state index in [1.54, 1.807) is 6.07 Å². The molecule has 5 heteroatoms. The third-order valence-corrected chi connectivity index (χ3v) is 4.83. The number of nitrogens with one attached hydrogen (secondary N) is 1. The lowest BCUT2D eigenvalue weighted by atomic mass is 10.2. The predicted octanol–water partition coefficient (Wildman–Crippen LogP) is 4.25. The zero-order valence-electron chi connectivity index (χ0n) is 14.9. The summed E-state index contributed by atoms with van der Waals surface area (Å²) in [6.45, 7) is 5.57. The molecule has 0 spiro atoms. The molecule has 1 N–H and O–H groups in total. The summed E-state index contributed by atoms with van der Waals surface area (Å²) in [5.74, 6) is 1.58. The molecule has 0 aliphatic rings. The molecule has 132 valence electrons. The Morgan fingerprint density at radius 1 is 1.15 bits per heavy atom. The van der Waals surface area contributed by atoms with Gasteiger partial charge >= 0.3 is 0 Å². The Kier molecular flexibility index (Phi) is 4.31. The van der Waals surface area contributed by atoms with Crippen LogP contribution in [0.15, 0.2) is 63.8 Å². The van der Waals surface area contributed by atoms with Gasteiger partial charge in [-0.3, -0.25) is 9.69 Å². The Bertz CT molecular complexity index is 1080. The zero-order chi connectivity index (χ0) is 18.1. The first-order valence-electron chi connectivity index (χ1n) is 8.86. The molecule has 2 aromatic carbocycles. The van der Waals surface area contributed by atoms with Crippen molar-refractivity contribution in [1.82, 2.24) is 14.9 Å². The number of aromatic amines is 1. The average Bonchev–Trinajstić information content (AvgIpc) is 3.10. The molecule has 1 unspecified atom stereocenters. The van der Waals surface area contributed by atoms with Crippen molar-refractivity contribution in [2.45, 2.75) is 26.4 Å². The fraction of sp³-hybridized carbons (Fsp3) is 0.238. The number of fused-ring (bicyclic) bond motifs is 2. The molecule has 0 fully saturated rings. The van der Waals surface area contributed by atoms with E-state index in [0.717, 1.165) is 28.8 Å². The fourth-order valence-corrected chi connectivity index (χ4v) is 3.31. The number of nitrogens with zero attached hydrogens (tertiary/aromatic N) is 2.